The molecule has 1 rings (SSSR count). The van der Waals surface area contributed by atoms with Gasteiger partial charge in [-0.1, -0.05) is 25.5 Å². The lowest BCUT2D eigenvalue weighted by atomic mass is 10.2. The highest BCUT2D eigenvalue weighted by Gasteiger charge is 2.06. The van der Waals surface area contributed by atoms with Crippen molar-refractivity contribution in [2.45, 2.75) is 26.2 Å². The number of methoxy groups -OCH3 is 1. The van der Waals surface area contributed by atoms with Crippen LogP contribution < -0.4 is 10.2 Å². The maximum atomic E-state index is 9.56. The molecule has 0 radical (unpaired) electrons. The third kappa shape index (κ3) is 6.68. The van der Waals surface area contributed by atoms with Gasteiger partial charge in [0.15, 0.2) is 5.84 Å². The number of ether oxygens (including phenoxy) is 1. The van der Waals surface area contributed by atoms with Crippen LogP contribution in [-0.4, -0.2) is 33.0 Å². The molecule has 20 heavy (non-hydrogen) atoms. The summed E-state index contributed by atoms with van der Waals surface area (Å²) in [5.74, 6) is 1.39. The minimum Gasteiger partial charge on any atom is -0.496 e. The molecule has 0 aliphatic carbocycles. The Hall–Kier alpha value is -2.17. The highest BCUT2D eigenvalue weighted by Crippen LogP contribution is 2.17. The second-order valence-corrected chi connectivity index (χ2v) is 3.85. The lowest BCUT2D eigenvalue weighted by Gasteiger charge is -2.09. The summed E-state index contributed by atoms with van der Waals surface area (Å²) >= 11 is 0. The minimum atomic E-state index is 0.637. The number of hydrogen-bond acceptors (Lipinski definition) is 4. The second kappa shape index (κ2) is 11.9. The molecule has 0 heterocycles. The SMILES string of the molecule is C=NNC(=NC)c1ccccc1OC.CCCCC=O. The average molecular weight is 277 g/mol. The fourth-order valence-electron chi connectivity index (χ4n) is 1.43. The molecular formula is C15H23N3O2. The number of benzene rings is 1. The Labute approximate surface area is 120 Å². The number of unbranched alkanes of at least 4 members (excludes halogenated alkanes) is 2. The Bertz CT molecular complexity index is 431. The summed E-state index contributed by atoms with van der Waals surface area (Å²) in [4.78, 5) is 13.6. The number of carbonyl (C=O) groups excluding carboxylic acids is 1. The predicted octanol–water partition coefficient (Wildman–Crippen LogP) is 2.65. The number of hydrogen-bond donors (Lipinski definition) is 1. The first kappa shape index (κ1) is 17.8. The first-order valence-corrected chi connectivity index (χ1v) is 6.50. The van der Waals surface area contributed by atoms with E-state index in [0.29, 0.717) is 5.84 Å². The van der Waals surface area contributed by atoms with Crippen LogP contribution in [0.4, 0.5) is 0 Å². The predicted molar refractivity (Wildman–Crippen MR) is 83.7 cm³/mol. The normalized spacial score (nSPS) is 10.1. The lowest BCUT2D eigenvalue weighted by Crippen LogP contribution is -2.19. The van der Waals surface area contributed by atoms with Crippen LogP contribution in [0.1, 0.15) is 31.7 Å². The van der Waals surface area contributed by atoms with E-state index in [4.69, 9.17) is 4.74 Å². The number of aldehydes is 1. The Balaban J connectivity index is 0.000000511. The molecule has 0 aliphatic rings. The van der Waals surface area contributed by atoms with Crippen molar-refractivity contribution in [3.63, 3.8) is 0 Å². The van der Waals surface area contributed by atoms with Crippen LogP contribution in [0.25, 0.3) is 0 Å². The molecule has 0 unspecified atom stereocenters. The summed E-state index contributed by atoms with van der Waals surface area (Å²) in [5.41, 5.74) is 3.57. The van der Waals surface area contributed by atoms with Gasteiger partial charge in [-0.2, -0.15) is 5.10 Å². The standard InChI is InChI=1S/C10H13N3O.C5H10O/c1-11-10(13-12-2)8-6-4-5-7-9(8)14-3;1-2-3-4-5-6/h4-7H,2H2,1,3H3,(H,11,13);5H,2-4H2,1H3. The number of rotatable bonds is 6. The molecule has 0 aromatic heterocycles. The molecule has 5 nitrogen and oxygen atoms in total. The van der Waals surface area contributed by atoms with E-state index in [0.717, 1.165) is 36.9 Å². The summed E-state index contributed by atoms with van der Waals surface area (Å²) < 4.78 is 5.19. The van der Waals surface area contributed by atoms with Crippen molar-refractivity contribution in [1.82, 2.24) is 5.43 Å². The molecular weight excluding hydrogens is 254 g/mol. The lowest BCUT2D eigenvalue weighted by molar-refractivity contribution is -0.107. The maximum absolute atomic E-state index is 9.56. The number of carbonyl (C=O) groups is 1. The Kier molecular flexibility index (Phi) is 10.6. The average Bonchev–Trinajstić information content (AvgIpc) is 2.51. The topological polar surface area (TPSA) is 63.1 Å². The number of nitrogens with one attached hydrogen (secondary N) is 1. The molecule has 110 valence electrons. The molecule has 0 atom stereocenters. The molecule has 5 heteroatoms. The van der Waals surface area contributed by atoms with Gasteiger partial charge >= 0.3 is 0 Å². The van der Waals surface area contributed by atoms with E-state index in [2.05, 4.69) is 29.2 Å². The zero-order valence-electron chi connectivity index (χ0n) is 12.4. The van der Waals surface area contributed by atoms with Crippen molar-refractivity contribution >= 4 is 18.8 Å². The van der Waals surface area contributed by atoms with Crippen LogP contribution in [0, 0.1) is 0 Å². The Morgan fingerprint density at radius 2 is 2.15 bits per heavy atom. The first-order valence-electron chi connectivity index (χ1n) is 6.50. The van der Waals surface area contributed by atoms with Crippen molar-refractivity contribution < 1.29 is 9.53 Å². The van der Waals surface area contributed by atoms with Gasteiger partial charge in [0.25, 0.3) is 0 Å². The van der Waals surface area contributed by atoms with Gasteiger partial charge in [0, 0.05) is 20.2 Å². The van der Waals surface area contributed by atoms with Crippen LogP contribution in [0.2, 0.25) is 0 Å². The van der Waals surface area contributed by atoms with Crippen LogP contribution in [-0.2, 0) is 4.79 Å². The number of nitrogens with zero attached hydrogens (tertiary/aromatic N) is 2. The second-order valence-electron chi connectivity index (χ2n) is 3.85. The van der Waals surface area contributed by atoms with Crippen molar-refractivity contribution in [2.24, 2.45) is 10.1 Å². The van der Waals surface area contributed by atoms with E-state index in [1.807, 2.05) is 24.3 Å². The molecule has 0 saturated heterocycles. The van der Waals surface area contributed by atoms with Gasteiger partial charge in [-0.05, 0) is 18.6 Å². The first-order chi connectivity index (χ1) is 9.74. The van der Waals surface area contributed by atoms with Crippen molar-refractivity contribution in [2.75, 3.05) is 14.2 Å². The number of para-hydroxylation sites is 1. The molecule has 0 amide bonds. The largest absolute Gasteiger partial charge is 0.496 e. The monoisotopic (exact) mass is 277 g/mol. The van der Waals surface area contributed by atoms with Gasteiger partial charge in [0.05, 0.1) is 12.7 Å². The molecule has 1 aromatic carbocycles. The van der Waals surface area contributed by atoms with Crippen LogP contribution >= 0.6 is 0 Å². The van der Waals surface area contributed by atoms with E-state index in [-0.39, 0.29) is 0 Å². The number of aliphatic imine (C=N–C) groups is 1. The van der Waals surface area contributed by atoms with Crippen LogP contribution in [0.3, 0.4) is 0 Å². The van der Waals surface area contributed by atoms with E-state index >= 15 is 0 Å². The van der Waals surface area contributed by atoms with Gasteiger partial charge in [-0.15, -0.1) is 0 Å². The third-order valence-electron chi connectivity index (χ3n) is 2.45. The van der Waals surface area contributed by atoms with Crippen molar-refractivity contribution in [1.29, 1.82) is 0 Å². The Morgan fingerprint density at radius 3 is 2.60 bits per heavy atom. The maximum Gasteiger partial charge on any atom is 0.152 e. The van der Waals surface area contributed by atoms with E-state index < -0.39 is 0 Å². The van der Waals surface area contributed by atoms with E-state index in [9.17, 15) is 4.79 Å². The fourth-order valence-corrected chi connectivity index (χ4v) is 1.43. The summed E-state index contributed by atoms with van der Waals surface area (Å²) in [7, 11) is 3.30. The van der Waals surface area contributed by atoms with E-state index in [1.54, 1.807) is 14.2 Å². The van der Waals surface area contributed by atoms with Crippen LogP contribution in [0.5, 0.6) is 5.75 Å². The zero-order valence-corrected chi connectivity index (χ0v) is 12.4. The van der Waals surface area contributed by atoms with Crippen molar-refractivity contribution in [3.8, 4) is 5.75 Å². The summed E-state index contributed by atoms with van der Waals surface area (Å²) in [6.45, 7) is 5.42. The van der Waals surface area contributed by atoms with Crippen molar-refractivity contribution in [3.05, 3.63) is 29.8 Å². The highest BCUT2D eigenvalue weighted by molar-refractivity contribution is 6.01. The molecule has 0 aliphatic heterocycles. The van der Waals surface area contributed by atoms with Gasteiger partial charge in [-0.25, -0.2) is 0 Å². The summed E-state index contributed by atoms with van der Waals surface area (Å²) in [5, 5.41) is 3.57. The molecule has 0 fully saturated rings. The third-order valence-corrected chi connectivity index (χ3v) is 2.45. The van der Waals surface area contributed by atoms with Gasteiger partial charge in [-0.3, -0.25) is 10.4 Å². The zero-order chi connectivity index (χ0) is 15.2. The fraction of sp³-hybridized carbons (Fsp3) is 0.400. The number of hydrazone groups is 1. The summed E-state index contributed by atoms with van der Waals surface area (Å²) in [6, 6.07) is 7.58. The molecule has 0 spiro atoms. The minimum absolute atomic E-state index is 0.637. The summed E-state index contributed by atoms with van der Waals surface area (Å²) in [6.07, 6.45) is 3.86. The number of amidine groups is 1. The van der Waals surface area contributed by atoms with E-state index in [1.165, 1.54) is 0 Å². The van der Waals surface area contributed by atoms with Gasteiger partial charge in [0.1, 0.15) is 12.0 Å². The van der Waals surface area contributed by atoms with Gasteiger partial charge in [0.2, 0.25) is 0 Å². The van der Waals surface area contributed by atoms with Gasteiger partial charge < -0.3 is 9.53 Å². The van der Waals surface area contributed by atoms with Crippen LogP contribution in [0.15, 0.2) is 34.4 Å². The smallest absolute Gasteiger partial charge is 0.152 e. The molecule has 0 saturated carbocycles. The highest BCUT2D eigenvalue weighted by atomic mass is 16.5. The molecule has 0 bridgehead atoms. The molecule has 1 aromatic rings. The molecule has 1 N–H and O–H groups in total. The Morgan fingerprint density at radius 1 is 1.45 bits per heavy atom. The quantitative estimate of drug-likeness (QED) is 0.286.